The van der Waals surface area contributed by atoms with Gasteiger partial charge < -0.3 is 9.80 Å². The Bertz CT molecular complexity index is 443. The number of amides is 1. The first-order valence-corrected chi connectivity index (χ1v) is 8.12. The van der Waals surface area contributed by atoms with Crippen molar-refractivity contribution in [1.29, 1.82) is 0 Å². The monoisotopic (exact) mass is 308 g/mol. The maximum atomic E-state index is 11.1. The molecule has 1 aromatic carbocycles. The number of rotatable bonds is 5. The predicted molar refractivity (Wildman–Crippen MR) is 87.8 cm³/mol. The van der Waals surface area contributed by atoms with Gasteiger partial charge in [-0.1, -0.05) is 30.3 Å². The van der Waals surface area contributed by atoms with Crippen LogP contribution in [0.1, 0.15) is 25.3 Å². The molecule has 1 aliphatic heterocycles. The minimum atomic E-state index is -0.306. The first-order valence-electron chi connectivity index (χ1n) is 7.75. The van der Waals surface area contributed by atoms with Crippen molar-refractivity contribution in [3.05, 3.63) is 35.9 Å². The zero-order chi connectivity index (χ0) is 15.2. The van der Waals surface area contributed by atoms with Gasteiger partial charge in [0.15, 0.2) is 0 Å². The van der Waals surface area contributed by atoms with Gasteiger partial charge in [0.1, 0.15) is 0 Å². The average Bonchev–Trinajstić information content (AvgIpc) is 2.48. The van der Waals surface area contributed by atoms with Crippen LogP contribution in [0.2, 0.25) is 0 Å². The second kappa shape index (κ2) is 7.81. The number of benzene rings is 1. The zero-order valence-electron chi connectivity index (χ0n) is 13.0. The van der Waals surface area contributed by atoms with E-state index >= 15 is 0 Å². The minimum Gasteiger partial charge on any atom is -0.329 e. The first-order chi connectivity index (χ1) is 10.1. The summed E-state index contributed by atoms with van der Waals surface area (Å²) in [5, 5.41) is -0.306. The molecule has 2 rings (SSSR count). The Morgan fingerprint density at radius 2 is 1.95 bits per heavy atom. The summed E-state index contributed by atoms with van der Waals surface area (Å²) >= 11 is 5.53. The lowest BCUT2D eigenvalue weighted by Crippen LogP contribution is -2.41. The lowest BCUT2D eigenvalue weighted by atomic mass is 9.95. The third-order valence-electron chi connectivity index (χ3n) is 4.54. The van der Waals surface area contributed by atoms with E-state index in [-0.39, 0.29) is 5.37 Å². The van der Waals surface area contributed by atoms with Crippen LogP contribution in [0.3, 0.4) is 0 Å². The summed E-state index contributed by atoms with van der Waals surface area (Å²) in [4.78, 5) is 15.3. The molecular weight excluding hydrogens is 284 g/mol. The molecule has 1 unspecified atom stereocenters. The predicted octanol–water partition coefficient (Wildman–Crippen LogP) is 3.62. The molecule has 0 aromatic heterocycles. The maximum absolute atomic E-state index is 11.1. The Balaban J connectivity index is 1.76. The summed E-state index contributed by atoms with van der Waals surface area (Å²) in [7, 11) is 2.20. The van der Waals surface area contributed by atoms with Crippen molar-refractivity contribution in [2.24, 2.45) is 5.92 Å². The Labute approximate surface area is 132 Å². The molecule has 1 atom stereocenters. The van der Waals surface area contributed by atoms with Gasteiger partial charge in [0.25, 0.3) is 0 Å². The van der Waals surface area contributed by atoms with E-state index in [2.05, 4.69) is 49.2 Å². The number of carbonyl (C=O) groups is 1. The van der Waals surface area contributed by atoms with E-state index in [0.29, 0.717) is 12.0 Å². The van der Waals surface area contributed by atoms with Gasteiger partial charge in [-0.15, -0.1) is 0 Å². The summed E-state index contributed by atoms with van der Waals surface area (Å²) in [6.45, 7) is 4.98. The number of likely N-dealkylation sites (N-methyl/N-ethyl adjacent to an activating group) is 1. The van der Waals surface area contributed by atoms with Crippen molar-refractivity contribution in [2.75, 3.05) is 26.7 Å². The summed E-state index contributed by atoms with van der Waals surface area (Å²) in [5.41, 5.74) is 1.39. The summed E-state index contributed by atoms with van der Waals surface area (Å²) in [6.07, 6.45) is 3.19. The van der Waals surface area contributed by atoms with E-state index in [4.69, 9.17) is 11.6 Å². The second-order valence-corrected chi connectivity index (χ2v) is 6.49. The Morgan fingerprint density at radius 3 is 2.52 bits per heavy atom. The number of nitrogens with zero attached hydrogens (tertiary/aromatic N) is 2. The van der Waals surface area contributed by atoms with Gasteiger partial charge in [-0.25, -0.2) is 0 Å². The molecular formula is C17H25ClN2O. The SMILES string of the molecule is CC(Cc1ccccc1)N(C)CC1CCN(C(=O)Cl)CC1. The molecule has 1 amide bonds. The van der Waals surface area contributed by atoms with E-state index in [1.54, 1.807) is 4.90 Å². The molecule has 1 fully saturated rings. The number of piperidine rings is 1. The molecule has 1 aromatic rings. The molecule has 0 saturated carbocycles. The third kappa shape index (κ3) is 5.01. The van der Waals surface area contributed by atoms with Gasteiger partial charge in [0, 0.05) is 25.7 Å². The highest BCUT2D eigenvalue weighted by Gasteiger charge is 2.23. The molecule has 0 radical (unpaired) electrons. The van der Waals surface area contributed by atoms with E-state index in [1.807, 2.05) is 0 Å². The highest BCUT2D eigenvalue weighted by atomic mass is 35.5. The number of likely N-dealkylation sites (tertiary alicyclic amines) is 1. The van der Waals surface area contributed by atoms with Crippen LogP contribution in [0.5, 0.6) is 0 Å². The zero-order valence-corrected chi connectivity index (χ0v) is 13.7. The summed E-state index contributed by atoms with van der Waals surface area (Å²) in [6, 6.07) is 11.2. The Morgan fingerprint density at radius 1 is 1.33 bits per heavy atom. The fourth-order valence-corrected chi connectivity index (χ4v) is 3.16. The molecule has 4 heteroatoms. The lowest BCUT2D eigenvalue weighted by molar-refractivity contribution is 0.153. The highest BCUT2D eigenvalue weighted by Crippen LogP contribution is 2.20. The van der Waals surface area contributed by atoms with Gasteiger partial charge in [-0.2, -0.15) is 0 Å². The maximum Gasteiger partial charge on any atom is 0.316 e. The minimum absolute atomic E-state index is 0.306. The smallest absolute Gasteiger partial charge is 0.316 e. The Hall–Kier alpha value is -1.06. The van der Waals surface area contributed by atoms with Crippen molar-refractivity contribution in [1.82, 2.24) is 9.80 Å². The molecule has 0 bridgehead atoms. The van der Waals surface area contributed by atoms with Crippen LogP contribution in [0.25, 0.3) is 0 Å². The van der Waals surface area contributed by atoms with Gasteiger partial charge in [-0.05, 0) is 56.3 Å². The van der Waals surface area contributed by atoms with Gasteiger partial charge in [-0.3, -0.25) is 4.79 Å². The van der Waals surface area contributed by atoms with Crippen molar-refractivity contribution >= 4 is 17.0 Å². The molecule has 1 saturated heterocycles. The van der Waals surface area contributed by atoms with Gasteiger partial charge in [0.05, 0.1) is 0 Å². The van der Waals surface area contributed by atoms with Crippen molar-refractivity contribution in [3.8, 4) is 0 Å². The molecule has 1 heterocycles. The largest absolute Gasteiger partial charge is 0.329 e. The van der Waals surface area contributed by atoms with E-state index in [0.717, 1.165) is 38.9 Å². The van der Waals surface area contributed by atoms with Gasteiger partial charge >= 0.3 is 5.37 Å². The van der Waals surface area contributed by atoms with Crippen LogP contribution in [-0.2, 0) is 6.42 Å². The van der Waals surface area contributed by atoms with Crippen LogP contribution < -0.4 is 0 Å². The quantitative estimate of drug-likeness (QED) is 0.613. The van der Waals surface area contributed by atoms with Crippen LogP contribution in [0.4, 0.5) is 4.79 Å². The van der Waals surface area contributed by atoms with E-state index in [1.165, 1.54) is 5.56 Å². The van der Waals surface area contributed by atoms with E-state index in [9.17, 15) is 4.79 Å². The summed E-state index contributed by atoms with van der Waals surface area (Å²) in [5.74, 6) is 0.667. The highest BCUT2D eigenvalue weighted by molar-refractivity contribution is 6.62. The van der Waals surface area contributed by atoms with Crippen LogP contribution in [-0.4, -0.2) is 47.9 Å². The normalized spacial score (nSPS) is 18.0. The van der Waals surface area contributed by atoms with Crippen molar-refractivity contribution < 1.29 is 4.79 Å². The second-order valence-electron chi connectivity index (χ2n) is 6.16. The fraction of sp³-hybridized carbons (Fsp3) is 0.588. The molecule has 0 aliphatic carbocycles. The number of carbonyl (C=O) groups excluding carboxylic acids is 1. The summed E-state index contributed by atoms with van der Waals surface area (Å²) < 4.78 is 0. The first kappa shape index (κ1) is 16.3. The van der Waals surface area contributed by atoms with Crippen LogP contribution >= 0.6 is 11.6 Å². The number of hydrogen-bond donors (Lipinski definition) is 0. The topological polar surface area (TPSA) is 23.6 Å². The lowest BCUT2D eigenvalue weighted by Gasteiger charge is -2.34. The van der Waals surface area contributed by atoms with Crippen LogP contribution in [0, 0.1) is 5.92 Å². The van der Waals surface area contributed by atoms with Gasteiger partial charge in [0.2, 0.25) is 0 Å². The fourth-order valence-electron chi connectivity index (χ4n) is 2.99. The number of hydrogen-bond acceptors (Lipinski definition) is 2. The van der Waals surface area contributed by atoms with Crippen molar-refractivity contribution in [2.45, 2.75) is 32.2 Å². The molecule has 1 aliphatic rings. The molecule has 3 nitrogen and oxygen atoms in total. The molecule has 21 heavy (non-hydrogen) atoms. The molecule has 0 N–H and O–H groups in total. The standard InChI is InChI=1S/C17H25ClN2O/c1-14(12-15-6-4-3-5-7-15)19(2)13-16-8-10-20(11-9-16)17(18)21/h3-7,14,16H,8-13H2,1-2H3. The average molecular weight is 309 g/mol. The van der Waals surface area contributed by atoms with E-state index < -0.39 is 0 Å². The third-order valence-corrected chi connectivity index (χ3v) is 4.77. The number of halogens is 1. The molecule has 116 valence electrons. The Kier molecular flexibility index (Phi) is 6.07. The van der Waals surface area contributed by atoms with Crippen molar-refractivity contribution in [3.63, 3.8) is 0 Å². The molecule has 0 spiro atoms. The van der Waals surface area contributed by atoms with Crippen LogP contribution in [0.15, 0.2) is 30.3 Å².